The fourth-order valence-corrected chi connectivity index (χ4v) is 1.30. The second kappa shape index (κ2) is 3.42. The predicted octanol–water partition coefficient (Wildman–Crippen LogP) is 1.78. The Morgan fingerprint density at radius 1 is 0.929 bits per heavy atom. The molecule has 1 aliphatic carbocycles. The average molecular weight is 184 g/mol. The third kappa shape index (κ3) is 1.55. The van der Waals surface area contributed by atoms with Crippen LogP contribution in [0.4, 0.5) is 0 Å². The number of carbonyl (C=O) groups is 2. The van der Waals surface area contributed by atoms with Gasteiger partial charge in [0.1, 0.15) is 0 Å². The zero-order valence-electron chi connectivity index (χ0n) is 7.44. The predicted molar refractivity (Wildman–Crippen MR) is 53.6 cm³/mol. The topological polar surface area (TPSA) is 34.1 Å². The molecule has 0 unspecified atom stereocenters. The van der Waals surface area contributed by atoms with Crippen molar-refractivity contribution < 1.29 is 9.59 Å². The van der Waals surface area contributed by atoms with E-state index in [9.17, 15) is 9.59 Å². The normalized spacial score (nSPS) is 18.1. The van der Waals surface area contributed by atoms with Gasteiger partial charge in [-0.2, -0.15) is 0 Å². The fraction of sp³-hybridized carbons (Fsp3) is 0. The van der Waals surface area contributed by atoms with Gasteiger partial charge in [-0.1, -0.05) is 30.3 Å². The van der Waals surface area contributed by atoms with E-state index in [1.165, 1.54) is 6.08 Å². The highest BCUT2D eigenvalue weighted by Gasteiger charge is 2.19. The van der Waals surface area contributed by atoms with Crippen LogP contribution in [-0.4, -0.2) is 11.6 Å². The molecule has 68 valence electrons. The van der Waals surface area contributed by atoms with E-state index in [0.29, 0.717) is 5.57 Å². The minimum Gasteiger partial charge on any atom is -0.286 e. The number of benzene rings is 1. The second-order valence-electron chi connectivity index (χ2n) is 3.04. The number of Topliss-reactive ketones (excluding diaryl/α,β-unsaturated/α-hetero) is 1. The highest BCUT2D eigenvalue weighted by atomic mass is 16.2. The molecule has 2 nitrogen and oxygen atoms in total. The van der Waals surface area contributed by atoms with Crippen molar-refractivity contribution in [2.45, 2.75) is 0 Å². The molecule has 14 heavy (non-hydrogen) atoms. The summed E-state index contributed by atoms with van der Waals surface area (Å²) in [6, 6.07) is 9.45. The Bertz CT molecular complexity index is 439. The molecule has 2 rings (SSSR count). The molecule has 2 heteroatoms. The molecule has 1 aromatic carbocycles. The molecule has 0 heterocycles. The fourth-order valence-electron chi connectivity index (χ4n) is 1.30. The van der Waals surface area contributed by atoms with Crippen molar-refractivity contribution in [1.82, 2.24) is 0 Å². The van der Waals surface area contributed by atoms with Crippen LogP contribution in [0.3, 0.4) is 0 Å². The van der Waals surface area contributed by atoms with E-state index in [-0.39, 0.29) is 0 Å². The van der Waals surface area contributed by atoms with Gasteiger partial charge in [-0.25, -0.2) is 0 Å². The molecule has 0 bridgehead atoms. The van der Waals surface area contributed by atoms with Crippen LogP contribution in [-0.2, 0) is 9.59 Å². The molecule has 0 atom stereocenters. The van der Waals surface area contributed by atoms with Crippen LogP contribution < -0.4 is 0 Å². The smallest absolute Gasteiger partial charge is 0.232 e. The molecule has 1 aliphatic rings. The Morgan fingerprint density at radius 3 is 2.21 bits per heavy atom. The van der Waals surface area contributed by atoms with Crippen LogP contribution >= 0.6 is 0 Å². The zero-order chi connectivity index (χ0) is 9.97. The van der Waals surface area contributed by atoms with E-state index in [1.807, 2.05) is 30.3 Å². The van der Waals surface area contributed by atoms with Crippen LogP contribution in [0.5, 0.6) is 0 Å². The third-order valence-electron chi connectivity index (χ3n) is 2.02. The summed E-state index contributed by atoms with van der Waals surface area (Å²) in [5.41, 5.74) is 1.39. The molecule has 0 N–H and O–H groups in total. The van der Waals surface area contributed by atoms with E-state index in [0.717, 1.165) is 5.56 Å². The Kier molecular flexibility index (Phi) is 2.11. The number of hydrogen-bond donors (Lipinski definition) is 0. The van der Waals surface area contributed by atoms with Gasteiger partial charge in [0.15, 0.2) is 0 Å². The highest BCUT2D eigenvalue weighted by molar-refractivity contribution is 6.51. The summed E-state index contributed by atoms with van der Waals surface area (Å²) >= 11 is 0. The number of rotatable bonds is 1. The summed E-state index contributed by atoms with van der Waals surface area (Å²) in [5.74, 6) is -0.860. The maximum atomic E-state index is 11.2. The van der Waals surface area contributed by atoms with Gasteiger partial charge < -0.3 is 0 Å². The van der Waals surface area contributed by atoms with E-state index < -0.39 is 11.6 Å². The first-order valence-electron chi connectivity index (χ1n) is 4.31. The molecule has 0 saturated heterocycles. The minimum absolute atomic E-state index is 0.422. The summed E-state index contributed by atoms with van der Waals surface area (Å²) in [7, 11) is 0. The monoisotopic (exact) mass is 184 g/mol. The lowest BCUT2D eigenvalue weighted by Gasteiger charge is -1.93. The van der Waals surface area contributed by atoms with E-state index in [4.69, 9.17) is 0 Å². The number of allylic oxidation sites excluding steroid dienone is 3. The van der Waals surface area contributed by atoms with Crippen molar-refractivity contribution in [1.29, 1.82) is 0 Å². The van der Waals surface area contributed by atoms with Crippen molar-refractivity contribution in [2.75, 3.05) is 0 Å². The first kappa shape index (κ1) is 8.63. The van der Waals surface area contributed by atoms with Gasteiger partial charge in [0.25, 0.3) is 0 Å². The van der Waals surface area contributed by atoms with Crippen molar-refractivity contribution in [3.8, 4) is 0 Å². The molecule has 0 spiro atoms. The summed E-state index contributed by atoms with van der Waals surface area (Å²) in [6.45, 7) is 0. The van der Waals surface area contributed by atoms with Gasteiger partial charge in [-0.15, -0.1) is 0 Å². The van der Waals surface area contributed by atoms with Crippen LogP contribution in [0, 0.1) is 0 Å². The van der Waals surface area contributed by atoms with E-state index in [2.05, 4.69) is 0 Å². The van der Waals surface area contributed by atoms with Crippen LogP contribution in [0.1, 0.15) is 5.56 Å². The largest absolute Gasteiger partial charge is 0.286 e. The summed E-state index contributed by atoms with van der Waals surface area (Å²) in [4.78, 5) is 22.1. The lowest BCUT2D eigenvalue weighted by Crippen LogP contribution is -2.05. The van der Waals surface area contributed by atoms with Gasteiger partial charge in [0.2, 0.25) is 11.6 Å². The molecule has 1 aromatic rings. The van der Waals surface area contributed by atoms with Gasteiger partial charge in [0.05, 0.1) is 0 Å². The highest BCUT2D eigenvalue weighted by Crippen LogP contribution is 2.13. The molecule has 0 aromatic heterocycles. The van der Waals surface area contributed by atoms with Crippen molar-refractivity contribution in [3.63, 3.8) is 0 Å². The first-order valence-corrected chi connectivity index (χ1v) is 4.31. The summed E-state index contributed by atoms with van der Waals surface area (Å²) < 4.78 is 0. The molecule has 0 radical (unpaired) electrons. The van der Waals surface area contributed by atoms with Crippen molar-refractivity contribution >= 4 is 17.6 Å². The molecule has 0 fully saturated rings. The molecule has 0 aliphatic heterocycles. The maximum absolute atomic E-state index is 11.2. The third-order valence-corrected chi connectivity index (χ3v) is 2.02. The van der Waals surface area contributed by atoms with Gasteiger partial charge in [0, 0.05) is 5.57 Å². The lowest BCUT2D eigenvalue weighted by atomic mass is 10.1. The SMILES string of the molecule is O=C1C=CC(=Cc2ccccc2)C1=O. The van der Waals surface area contributed by atoms with Gasteiger partial charge in [-0.05, 0) is 23.8 Å². The Morgan fingerprint density at radius 2 is 1.64 bits per heavy atom. The molecular weight excluding hydrogens is 176 g/mol. The number of ketones is 2. The van der Waals surface area contributed by atoms with Gasteiger partial charge >= 0.3 is 0 Å². The first-order chi connectivity index (χ1) is 6.77. The summed E-state index contributed by atoms with van der Waals surface area (Å²) in [5, 5.41) is 0. The zero-order valence-corrected chi connectivity index (χ0v) is 7.44. The standard InChI is InChI=1S/C12H8O2/c13-11-7-6-10(12(11)14)8-9-4-2-1-3-5-9/h1-8H. The quantitative estimate of drug-likeness (QED) is 0.492. The summed E-state index contributed by atoms with van der Waals surface area (Å²) in [6.07, 6.45) is 4.57. The van der Waals surface area contributed by atoms with Crippen molar-refractivity contribution in [2.24, 2.45) is 0 Å². The second-order valence-corrected chi connectivity index (χ2v) is 3.04. The van der Waals surface area contributed by atoms with Crippen molar-refractivity contribution in [3.05, 3.63) is 53.6 Å². The van der Waals surface area contributed by atoms with Crippen LogP contribution in [0.25, 0.3) is 6.08 Å². The Hall–Kier alpha value is -1.96. The van der Waals surface area contributed by atoms with Crippen LogP contribution in [0.15, 0.2) is 48.1 Å². The molecule has 0 saturated carbocycles. The van der Waals surface area contributed by atoms with E-state index in [1.54, 1.807) is 12.2 Å². The maximum Gasteiger partial charge on any atom is 0.232 e. The van der Waals surface area contributed by atoms with Gasteiger partial charge in [-0.3, -0.25) is 9.59 Å². The lowest BCUT2D eigenvalue weighted by molar-refractivity contribution is -0.130. The number of hydrogen-bond acceptors (Lipinski definition) is 2. The Balaban J connectivity index is 2.34. The Labute approximate surface area is 81.6 Å². The van der Waals surface area contributed by atoms with E-state index >= 15 is 0 Å². The molecular formula is C12H8O2. The minimum atomic E-state index is -0.438. The molecule has 0 amide bonds. The average Bonchev–Trinajstić information content (AvgIpc) is 2.52. The van der Waals surface area contributed by atoms with Crippen LogP contribution in [0.2, 0.25) is 0 Å². The number of carbonyl (C=O) groups excluding carboxylic acids is 2.